The quantitative estimate of drug-likeness (QED) is 0.678. The Labute approximate surface area is 115 Å². The largest absolute Gasteiger partial charge is 0.461 e. The third kappa shape index (κ3) is 2.51. The molecule has 0 aliphatic carbocycles. The lowest BCUT2D eigenvalue weighted by atomic mass is 10.4. The van der Waals surface area contributed by atoms with Gasteiger partial charge < -0.3 is 4.74 Å². The molecule has 1 aromatic heterocycles. The number of anilines is 1. The molecule has 0 radical (unpaired) electrons. The molecule has 1 aliphatic heterocycles. The molecule has 1 aliphatic rings. The number of carbonyl (C=O) groups is 2. The highest BCUT2D eigenvalue weighted by molar-refractivity contribution is 7.81. The minimum absolute atomic E-state index is 0.000779. The predicted molar refractivity (Wildman–Crippen MR) is 72.6 cm³/mol. The molecule has 2 rings (SSSR count). The van der Waals surface area contributed by atoms with Crippen molar-refractivity contribution in [2.75, 3.05) is 18.1 Å². The van der Waals surface area contributed by atoms with E-state index in [9.17, 15) is 9.59 Å². The molecule has 2 heterocycles. The van der Waals surface area contributed by atoms with E-state index in [4.69, 9.17) is 4.74 Å². The maximum absolute atomic E-state index is 11.7. The first kappa shape index (κ1) is 13.4. The molecule has 5 nitrogen and oxygen atoms in total. The first-order valence-electron chi connectivity index (χ1n) is 5.66. The number of amides is 1. The molecule has 1 aromatic rings. The van der Waals surface area contributed by atoms with Crippen molar-refractivity contribution in [3.8, 4) is 0 Å². The fourth-order valence-corrected chi connectivity index (χ4v) is 3.00. The number of aryl methyl sites for hydroxylation is 1. The fraction of sp³-hybridized carbons (Fsp3) is 0.545. The average Bonchev–Trinajstić information content (AvgIpc) is 2.82. The number of aromatic nitrogens is 1. The van der Waals surface area contributed by atoms with Crippen molar-refractivity contribution in [3.63, 3.8) is 0 Å². The molecule has 1 unspecified atom stereocenters. The number of thiazole rings is 1. The van der Waals surface area contributed by atoms with E-state index in [1.165, 1.54) is 11.3 Å². The van der Waals surface area contributed by atoms with Crippen LogP contribution >= 0.6 is 24.0 Å². The van der Waals surface area contributed by atoms with Gasteiger partial charge in [0.05, 0.1) is 6.61 Å². The minimum Gasteiger partial charge on any atom is -0.461 e. The molecular weight excluding hydrogens is 272 g/mol. The average molecular weight is 286 g/mol. The van der Waals surface area contributed by atoms with Gasteiger partial charge in [0.1, 0.15) is 0 Å². The van der Waals surface area contributed by atoms with Gasteiger partial charge in [0.25, 0.3) is 0 Å². The van der Waals surface area contributed by atoms with Crippen LogP contribution in [-0.2, 0) is 9.53 Å². The molecule has 1 amide bonds. The predicted octanol–water partition coefficient (Wildman–Crippen LogP) is 1.66. The summed E-state index contributed by atoms with van der Waals surface area (Å²) in [6, 6.07) is 0. The third-order valence-corrected chi connectivity index (χ3v) is 3.93. The van der Waals surface area contributed by atoms with Gasteiger partial charge in [-0.1, -0.05) is 0 Å². The normalized spacial score (nSPS) is 19.4. The Morgan fingerprint density at radius 2 is 2.39 bits per heavy atom. The molecule has 98 valence electrons. The second-order valence-corrected chi connectivity index (χ2v) is 5.90. The van der Waals surface area contributed by atoms with E-state index in [-0.39, 0.29) is 11.2 Å². The number of thiol groups is 1. The topological polar surface area (TPSA) is 59.5 Å². The Kier molecular flexibility index (Phi) is 3.91. The van der Waals surface area contributed by atoms with Crippen LogP contribution in [0, 0.1) is 6.92 Å². The summed E-state index contributed by atoms with van der Waals surface area (Å²) in [6.45, 7) is 4.39. The van der Waals surface area contributed by atoms with Crippen LogP contribution in [0.15, 0.2) is 0 Å². The summed E-state index contributed by atoms with van der Waals surface area (Å²) in [4.78, 5) is 29.9. The van der Waals surface area contributed by atoms with Gasteiger partial charge in [-0.3, -0.25) is 9.69 Å². The number of hydrogen-bond donors (Lipinski definition) is 1. The number of carbonyl (C=O) groups excluding carboxylic acids is 2. The molecule has 7 heteroatoms. The molecular formula is C11H14N2O3S2. The summed E-state index contributed by atoms with van der Waals surface area (Å²) < 4.78 is 4.92. The zero-order valence-electron chi connectivity index (χ0n) is 10.2. The number of rotatable bonds is 3. The van der Waals surface area contributed by atoms with Crippen molar-refractivity contribution >= 4 is 41.0 Å². The number of hydrogen-bond acceptors (Lipinski definition) is 6. The summed E-state index contributed by atoms with van der Waals surface area (Å²) in [5.41, 5.74) is 0.298. The van der Waals surface area contributed by atoms with Gasteiger partial charge in [-0.15, -0.1) is 11.3 Å². The fourth-order valence-electron chi connectivity index (χ4n) is 1.76. The van der Waals surface area contributed by atoms with Gasteiger partial charge in [-0.2, -0.15) is 12.6 Å². The van der Waals surface area contributed by atoms with Crippen molar-refractivity contribution < 1.29 is 14.3 Å². The van der Waals surface area contributed by atoms with Crippen LogP contribution in [0.2, 0.25) is 0 Å². The second-order valence-electron chi connectivity index (χ2n) is 3.98. The molecule has 1 fully saturated rings. The standard InChI is InChI=1S/C11H14N2O3S2/c1-3-16-10(15)9-6(2)18-11(12-9)13-5-7(17)4-8(13)14/h7,17H,3-5H2,1-2H3. The molecule has 1 saturated heterocycles. The van der Waals surface area contributed by atoms with E-state index < -0.39 is 5.97 Å². The second kappa shape index (κ2) is 5.27. The summed E-state index contributed by atoms with van der Waals surface area (Å²) >= 11 is 5.62. The van der Waals surface area contributed by atoms with Crippen LogP contribution in [-0.4, -0.2) is 35.3 Å². The minimum atomic E-state index is -0.438. The number of ether oxygens (including phenoxy) is 1. The summed E-state index contributed by atoms with van der Waals surface area (Å²) in [6.07, 6.45) is 0.413. The highest BCUT2D eigenvalue weighted by Crippen LogP contribution is 2.30. The van der Waals surface area contributed by atoms with Crippen molar-refractivity contribution in [1.29, 1.82) is 0 Å². The van der Waals surface area contributed by atoms with E-state index in [1.54, 1.807) is 18.7 Å². The Hall–Kier alpha value is -1.08. The van der Waals surface area contributed by atoms with Gasteiger partial charge in [-0.05, 0) is 13.8 Å². The monoisotopic (exact) mass is 286 g/mol. The van der Waals surface area contributed by atoms with Gasteiger partial charge in [0.2, 0.25) is 5.91 Å². The lowest BCUT2D eigenvalue weighted by Crippen LogP contribution is -2.24. The molecule has 0 N–H and O–H groups in total. The zero-order chi connectivity index (χ0) is 13.3. The van der Waals surface area contributed by atoms with Gasteiger partial charge in [0, 0.05) is 23.1 Å². The lowest BCUT2D eigenvalue weighted by molar-refractivity contribution is -0.117. The van der Waals surface area contributed by atoms with Crippen molar-refractivity contribution in [2.24, 2.45) is 0 Å². The molecule has 18 heavy (non-hydrogen) atoms. The van der Waals surface area contributed by atoms with Crippen LogP contribution in [0.1, 0.15) is 28.7 Å². The van der Waals surface area contributed by atoms with E-state index in [0.717, 1.165) is 4.88 Å². The lowest BCUT2D eigenvalue weighted by Gasteiger charge is -2.10. The van der Waals surface area contributed by atoms with Gasteiger partial charge in [0.15, 0.2) is 10.8 Å². The van der Waals surface area contributed by atoms with E-state index in [1.807, 2.05) is 0 Å². The van der Waals surface area contributed by atoms with Crippen molar-refractivity contribution in [3.05, 3.63) is 10.6 Å². The maximum atomic E-state index is 11.7. The molecule has 1 atom stereocenters. The van der Waals surface area contributed by atoms with Crippen LogP contribution in [0.3, 0.4) is 0 Å². The molecule has 0 spiro atoms. The Balaban J connectivity index is 2.23. The third-order valence-electron chi connectivity index (χ3n) is 2.59. The maximum Gasteiger partial charge on any atom is 0.358 e. The zero-order valence-corrected chi connectivity index (χ0v) is 11.9. The van der Waals surface area contributed by atoms with E-state index in [0.29, 0.717) is 30.4 Å². The highest BCUT2D eigenvalue weighted by atomic mass is 32.1. The summed E-state index contributed by atoms with van der Waals surface area (Å²) in [5, 5.41) is 0.588. The number of esters is 1. The Morgan fingerprint density at radius 1 is 1.67 bits per heavy atom. The highest BCUT2D eigenvalue weighted by Gasteiger charge is 2.31. The first-order valence-corrected chi connectivity index (χ1v) is 6.99. The van der Waals surface area contributed by atoms with Gasteiger partial charge >= 0.3 is 5.97 Å². The van der Waals surface area contributed by atoms with Crippen LogP contribution in [0.4, 0.5) is 5.13 Å². The van der Waals surface area contributed by atoms with Crippen LogP contribution < -0.4 is 4.90 Å². The van der Waals surface area contributed by atoms with Crippen molar-refractivity contribution in [2.45, 2.75) is 25.5 Å². The smallest absolute Gasteiger partial charge is 0.358 e. The molecule has 0 saturated carbocycles. The first-order chi connectivity index (χ1) is 8.52. The molecule has 0 aromatic carbocycles. The Morgan fingerprint density at radius 3 is 2.94 bits per heavy atom. The van der Waals surface area contributed by atoms with Crippen LogP contribution in [0.25, 0.3) is 0 Å². The molecule has 0 bridgehead atoms. The Bertz CT molecular complexity index is 487. The summed E-state index contributed by atoms with van der Waals surface area (Å²) in [7, 11) is 0. The number of nitrogens with zero attached hydrogens (tertiary/aromatic N) is 2. The van der Waals surface area contributed by atoms with Crippen LogP contribution in [0.5, 0.6) is 0 Å². The van der Waals surface area contributed by atoms with E-state index >= 15 is 0 Å². The van der Waals surface area contributed by atoms with E-state index in [2.05, 4.69) is 17.6 Å². The summed E-state index contributed by atoms with van der Waals surface area (Å²) in [5.74, 6) is -0.439. The SMILES string of the molecule is CCOC(=O)c1nc(N2CC(S)CC2=O)sc1C. The van der Waals surface area contributed by atoms with Crippen molar-refractivity contribution in [1.82, 2.24) is 4.98 Å². The van der Waals surface area contributed by atoms with Gasteiger partial charge in [-0.25, -0.2) is 9.78 Å².